The number of hydrogen-bond donors (Lipinski definition) is 2. The molecule has 1 atom stereocenters. The molecular weight excluding hydrogens is 288 g/mol. The van der Waals surface area contributed by atoms with Gasteiger partial charge in [-0.25, -0.2) is 9.89 Å². The van der Waals surface area contributed by atoms with Crippen LogP contribution in [0.15, 0.2) is 34.2 Å². The van der Waals surface area contributed by atoms with E-state index in [1.165, 1.54) is 11.8 Å². The van der Waals surface area contributed by atoms with Crippen molar-refractivity contribution in [1.82, 2.24) is 14.8 Å². The first kappa shape index (κ1) is 15.7. The van der Waals surface area contributed by atoms with Crippen LogP contribution < -0.4 is 16.2 Å². The zero-order chi connectivity index (χ0) is 15.4. The fourth-order valence-corrected chi connectivity index (χ4v) is 3.18. The fourth-order valence-electron chi connectivity index (χ4n) is 2.03. The Balaban J connectivity index is 2.24. The second-order valence-corrected chi connectivity index (χ2v) is 6.06. The predicted molar refractivity (Wildman–Crippen MR) is 83.9 cm³/mol. The van der Waals surface area contributed by atoms with E-state index in [2.05, 4.69) is 10.2 Å². The predicted octanol–water partition coefficient (Wildman–Crippen LogP) is 1.95. The van der Waals surface area contributed by atoms with E-state index in [4.69, 9.17) is 10.5 Å². The highest BCUT2D eigenvalue weighted by Gasteiger charge is 2.18. The van der Waals surface area contributed by atoms with Gasteiger partial charge in [0.25, 0.3) is 0 Å². The Labute approximate surface area is 127 Å². The lowest BCUT2D eigenvalue weighted by molar-refractivity contribution is 0.414. The number of nitrogens with two attached hydrogens (primary N) is 1. The third kappa shape index (κ3) is 3.48. The fraction of sp³-hybridized carbons (Fsp3) is 0.429. The summed E-state index contributed by atoms with van der Waals surface area (Å²) in [5.41, 5.74) is 6.76. The van der Waals surface area contributed by atoms with Crippen LogP contribution in [0.1, 0.15) is 30.7 Å². The van der Waals surface area contributed by atoms with Gasteiger partial charge in [0, 0.05) is 17.8 Å². The summed E-state index contributed by atoms with van der Waals surface area (Å²) in [7, 11) is 1.63. The van der Waals surface area contributed by atoms with Crippen molar-refractivity contribution in [2.75, 3.05) is 13.7 Å². The highest BCUT2D eigenvalue weighted by molar-refractivity contribution is 7.99. The number of thioether (sulfide) groups is 1. The lowest BCUT2D eigenvalue weighted by Crippen LogP contribution is -2.20. The van der Waals surface area contributed by atoms with Gasteiger partial charge >= 0.3 is 5.69 Å². The minimum Gasteiger partial charge on any atom is -0.497 e. The Hall–Kier alpha value is -1.73. The number of aromatic nitrogens is 3. The van der Waals surface area contributed by atoms with E-state index in [1.54, 1.807) is 11.7 Å². The standard InChI is InChI=1S/C14H20N4O2S/c1-9(2)18-13(19)16-17-14(18)21-12(8-15)10-4-6-11(20-3)7-5-10/h4-7,9,12H,8,15H2,1-3H3,(H,16,19). The van der Waals surface area contributed by atoms with Crippen molar-refractivity contribution in [3.63, 3.8) is 0 Å². The summed E-state index contributed by atoms with van der Waals surface area (Å²) in [4.78, 5) is 11.8. The maximum Gasteiger partial charge on any atom is 0.344 e. The third-order valence-corrected chi connectivity index (χ3v) is 4.39. The number of aromatic amines is 1. The number of nitrogens with zero attached hydrogens (tertiary/aromatic N) is 2. The van der Waals surface area contributed by atoms with Crippen molar-refractivity contribution >= 4 is 11.8 Å². The SMILES string of the molecule is COc1ccc(C(CN)Sc2n[nH]c(=O)n2C(C)C)cc1. The van der Waals surface area contributed by atoms with E-state index in [1.807, 2.05) is 38.1 Å². The van der Waals surface area contributed by atoms with Gasteiger partial charge in [-0.15, -0.1) is 5.10 Å². The van der Waals surface area contributed by atoms with Crippen molar-refractivity contribution in [2.45, 2.75) is 30.3 Å². The van der Waals surface area contributed by atoms with Crippen LogP contribution in [0.5, 0.6) is 5.75 Å². The van der Waals surface area contributed by atoms with Crippen LogP contribution in [-0.2, 0) is 0 Å². The third-order valence-electron chi connectivity index (χ3n) is 3.14. The molecule has 0 aliphatic carbocycles. The van der Waals surface area contributed by atoms with Crippen molar-refractivity contribution in [1.29, 1.82) is 0 Å². The van der Waals surface area contributed by atoms with Gasteiger partial charge in [0.05, 0.1) is 7.11 Å². The second kappa shape index (κ2) is 6.82. The molecule has 2 rings (SSSR count). The van der Waals surface area contributed by atoms with Crippen LogP contribution in [-0.4, -0.2) is 28.4 Å². The molecule has 0 aliphatic rings. The van der Waals surface area contributed by atoms with Gasteiger partial charge in [0.1, 0.15) is 5.75 Å². The number of methoxy groups -OCH3 is 1. The van der Waals surface area contributed by atoms with Crippen LogP contribution in [0.4, 0.5) is 0 Å². The molecule has 0 radical (unpaired) electrons. The van der Waals surface area contributed by atoms with E-state index in [0.29, 0.717) is 11.7 Å². The first-order valence-corrected chi connectivity index (χ1v) is 7.62. The summed E-state index contributed by atoms with van der Waals surface area (Å²) in [6.45, 7) is 4.35. The zero-order valence-corrected chi connectivity index (χ0v) is 13.2. The highest BCUT2D eigenvalue weighted by atomic mass is 32.2. The molecule has 0 saturated carbocycles. The molecule has 0 amide bonds. The topological polar surface area (TPSA) is 85.9 Å². The van der Waals surface area contributed by atoms with Gasteiger partial charge in [0.2, 0.25) is 0 Å². The zero-order valence-electron chi connectivity index (χ0n) is 12.4. The van der Waals surface area contributed by atoms with Gasteiger partial charge in [-0.3, -0.25) is 4.57 Å². The maximum atomic E-state index is 11.8. The molecule has 1 aromatic heterocycles. The molecule has 0 fully saturated rings. The minimum absolute atomic E-state index is 0.0311. The average Bonchev–Trinajstić information content (AvgIpc) is 2.85. The Bertz CT molecular complexity index is 633. The highest BCUT2D eigenvalue weighted by Crippen LogP contribution is 2.34. The number of nitrogens with one attached hydrogen (secondary N) is 1. The van der Waals surface area contributed by atoms with Crippen molar-refractivity contribution in [3.8, 4) is 5.75 Å². The maximum absolute atomic E-state index is 11.8. The number of ether oxygens (including phenoxy) is 1. The molecule has 114 valence electrons. The van der Waals surface area contributed by atoms with E-state index in [9.17, 15) is 4.79 Å². The lowest BCUT2D eigenvalue weighted by Gasteiger charge is -2.16. The molecule has 1 aromatic carbocycles. The molecular formula is C14H20N4O2S. The summed E-state index contributed by atoms with van der Waals surface area (Å²) >= 11 is 1.49. The monoisotopic (exact) mass is 308 g/mol. The number of benzene rings is 1. The molecule has 7 heteroatoms. The Morgan fingerprint density at radius 1 is 1.38 bits per heavy atom. The minimum atomic E-state index is -0.196. The van der Waals surface area contributed by atoms with Crippen molar-refractivity contribution in [3.05, 3.63) is 40.3 Å². The number of hydrogen-bond acceptors (Lipinski definition) is 5. The molecule has 1 heterocycles. The van der Waals surface area contributed by atoms with Gasteiger partial charge in [-0.05, 0) is 31.5 Å². The summed E-state index contributed by atoms with van der Waals surface area (Å²) in [5.74, 6) is 0.804. The average molecular weight is 308 g/mol. The molecule has 0 saturated heterocycles. The molecule has 0 bridgehead atoms. The summed E-state index contributed by atoms with van der Waals surface area (Å²) in [5, 5.41) is 7.27. The molecule has 2 aromatic rings. The Morgan fingerprint density at radius 2 is 2.05 bits per heavy atom. The normalized spacial score (nSPS) is 12.6. The van der Waals surface area contributed by atoms with Gasteiger partial charge < -0.3 is 10.5 Å². The number of H-pyrrole nitrogens is 1. The first-order valence-electron chi connectivity index (χ1n) is 6.74. The van der Waals surface area contributed by atoms with Gasteiger partial charge in [-0.2, -0.15) is 0 Å². The Kier molecular flexibility index (Phi) is 5.08. The Morgan fingerprint density at radius 3 is 2.57 bits per heavy atom. The van der Waals surface area contributed by atoms with Crippen molar-refractivity contribution < 1.29 is 4.74 Å². The van der Waals surface area contributed by atoms with E-state index < -0.39 is 0 Å². The van der Waals surface area contributed by atoms with Crippen LogP contribution in [0, 0.1) is 0 Å². The molecule has 1 unspecified atom stereocenters. The molecule has 3 N–H and O–H groups in total. The largest absolute Gasteiger partial charge is 0.497 e. The number of rotatable bonds is 6. The summed E-state index contributed by atoms with van der Waals surface area (Å²) < 4.78 is 6.79. The molecule has 21 heavy (non-hydrogen) atoms. The molecule has 6 nitrogen and oxygen atoms in total. The van der Waals surface area contributed by atoms with Crippen LogP contribution in [0.2, 0.25) is 0 Å². The van der Waals surface area contributed by atoms with Crippen LogP contribution in [0.3, 0.4) is 0 Å². The van der Waals surface area contributed by atoms with E-state index in [0.717, 1.165) is 11.3 Å². The summed E-state index contributed by atoms with van der Waals surface area (Å²) in [6, 6.07) is 7.81. The summed E-state index contributed by atoms with van der Waals surface area (Å²) in [6.07, 6.45) is 0. The van der Waals surface area contributed by atoms with Crippen LogP contribution in [0.25, 0.3) is 0 Å². The second-order valence-electron chi connectivity index (χ2n) is 4.89. The quantitative estimate of drug-likeness (QED) is 0.797. The lowest BCUT2D eigenvalue weighted by atomic mass is 10.1. The van der Waals surface area contributed by atoms with Crippen LogP contribution >= 0.6 is 11.8 Å². The smallest absolute Gasteiger partial charge is 0.344 e. The van der Waals surface area contributed by atoms with Gasteiger partial charge in [0.15, 0.2) is 5.16 Å². The molecule has 0 spiro atoms. The van der Waals surface area contributed by atoms with Gasteiger partial charge in [-0.1, -0.05) is 23.9 Å². The van der Waals surface area contributed by atoms with E-state index >= 15 is 0 Å². The molecule has 0 aliphatic heterocycles. The van der Waals surface area contributed by atoms with Crippen molar-refractivity contribution in [2.24, 2.45) is 5.73 Å². The van der Waals surface area contributed by atoms with E-state index in [-0.39, 0.29) is 17.0 Å². The first-order chi connectivity index (χ1) is 10.1.